The van der Waals surface area contributed by atoms with Crippen LogP contribution in [0.15, 0.2) is 72.0 Å². The van der Waals surface area contributed by atoms with Gasteiger partial charge in [0.15, 0.2) is 11.6 Å². The van der Waals surface area contributed by atoms with Crippen LogP contribution in [0.4, 0.5) is 11.5 Å². The molecular formula is C20H22N7O+. The topological polar surface area (TPSA) is 93.6 Å². The summed E-state index contributed by atoms with van der Waals surface area (Å²) in [5.74, 6) is 0.558. The number of pyridine rings is 1. The van der Waals surface area contributed by atoms with Crippen LogP contribution >= 0.6 is 0 Å². The zero-order valence-corrected chi connectivity index (χ0v) is 15.6. The molecule has 142 valence electrons. The summed E-state index contributed by atoms with van der Waals surface area (Å²) < 4.78 is 5.94. The predicted molar refractivity (Wildman–Crippen MR) is 107 cm³/mol. The van der Waals surface area contributed by atoms with E-state index in [1.165, 1.54) is 12.2 Å². The molecule has 0 aromatic carbocycles. The van der Waals surface area contributed by atoms with E-state index in [-0.39, 0.29) is 5.78 Å². The van der Waals surface area contributed by atoms with Gasteiger partial charge in [0.2, 0.25) is 6.33 Å². The van der Waals surface area contributed by atoms with E-state index in [1.807, 2.05) is 54.7 Å². The van der Waals surface area contributed by atoms with E-state index in [9.17, 15) is 4.79 Å². The molecule has 0 aliphatic heterocycles. The Morgan fingerprint density at radius 2 is 2.18 bits per heavy atom. The number of imidazole rings is 1. The number of aryl methyl sites for hydroxylation is 2. The van der Waals surface area contributed by atoms with E-state index in [0.717, 1.165) is 25.0 Å². The number of rotatable bonds is 6. The van der Waals surface area contributed by atoms with Gasteiger partial charge in [0.1, 0.15) is 18.1 Å². The highest BCUT2D eigenvalue weighted by Gasteiger charge is 2.15. The number of aliphatic imine (C=N–C) groups is 1. The lowest BCUT2D eigenvalue weighted by Gasteiger charge is -2.07. The normalized spacial score (nSPS) is 15.4. The van der Waals surface area contributed by atoms with E-state index in [2.05, 4.69) is 15.0 Å². The lowest BCUT2D eigenvalue weighted by Crippen LogP contribution is -2.23. The van der Waals surface area contributed by atoms with Gasteiger partial charge in [0.05, 0.1) is 30.5 Å². The van der Waals surface area contributed by atoms with Crippen LogP contribution in [0, 0.1) is 0 Å². The minimum Gasteiger partial charge on any atom is -0.397 e. The van der Waals surface area contributed by atoms with Crippen LogP contribution < -0.4 is 15.6 Å². The Morgan fingerprint density at radius 3 is 2.96 bits per heavy atom. The molecule has 3 heterocycles. The highest BCUT2D eigenvalue weighted by molar-refractivity contribution is 6.20. The van der Waals surface area contributed by atoms with Gasteiger partial charge in [-0.3, -0.25) is 4.79 Å². The highest BCUT2D eigenvalue weighted by Crippen LogP contribution is 2.30. The second-order valence-corrected chi connectivity index (χ2v) is 6.66. The van der Waals surface area contributed by atoms with Gasteiger partial charge >= 0.3 is 0 Å². The first-order valence-corrected chi connectivity index (χ1v) is 9.11. The van der Waals surface area contributed by atoms with E-state index in [0.29, 0.717) is 22.9 Å². The van der Waals surface area contributed by atoms with Crippen molar-refractivity contribution in [2.24, 2.45) is 17.8 Å². The lowest BCUT2D eigenvalue weighted by molar-refractivity contribution is -0.671. The van der Waals surface area contributed by atoms with E-state index in [4.69, 9.17) is 10.7 Å². The number of ketones is 1. The Balaban J connectivity index is 1.56. The third-order valence-electron chi connectivity index (χ3n) is 4.45. The van der Waals surface area contributed by atoms with E-state index >= 15 is 0 Å². The summed E-state index contributed by atoms with van der Waals surface area (Å²) in [6.07, 6.45) is 13.4. The van der Waals surface area contributed by atoms with Crippen LogP contribution in [0.1, 0.15) is 6.42 Å². The van der Waals surface area contributed by atoms with Crippen molar-refractivity contribution in [1.29, 1.82) is 0 Å². The first kappa shape index (κ1) is 17.7. The number of nitrogens with two attached hydrogens (primary N) is 1. The molecule has 8 heteroatoms. The fourth-order valence-electron chi connectivity index (χ4n) is 3.07. The average Bonchev–Trinajstić information content (AvgIpc) is 3.24. The number of hydrogen-bond donors (Lipinski definition) is 2. The van der Waals surface area contributed by atoms with Gasteiger partial charge < -0.3 is 11.1 Å². The number of fused-ring (bicyclic) bond motifs is 1. The molecule has 0 radical (unpaired) electrons. The third kappa shape index (κ3) is 3.71. The van der Waals surface area contributed by atoms with Crippen molar-refractivity contribution in [3.63, 3.8) is 0 Å². The maximum Gasteiger partial charge on any atom is 0.243 e. The van der Waals surface area contributed by atoms with Crippen molar-refractivity contribution in [2.75, 3.05) is 11.9 Å². The first-order valence-electron chi connectivity index (χ1n) is 9.11. The predicted octanol–water partition coefficient (Wildman–Crippen LogP) is 1.52. The molecule has 0 spiro atoms. The molecule has 0 amide bonds. The molecule has 3 aromatic heterocycles. The molecule has 3 N–H and O–H groups in total. The van der Waals surface area contributed by atoms with Crippen molar-refractivity contribution < 1.29 is 9.36 Å². The molecule has 8 nitrogen and oxygen atoms in total. The number of nitrogens with zero attached hydrogens (tertiary/aromatic N) is 5. The summed E-state index contributed by atoms with van der Waals surface area (Å²) in [6, 6.07) is 5.81. The van der Waals surface area contributed by atoms with Gasteiger partial charge in [0, 0.05) is 25.2 Å². The van der Waals surface area contributed by atoms with Gasteiger partial charge in [-0.05, 0) is 24.3 Å². The van der Waals surface area contributed by atoms with Crippen molar-refractivity contribution in [3.05, 3.63) is 67.0 Å². The fourth-order valence-corrected chi connectivity index (χ4v) is 3.07. The monoisotopic (exact) mass is 376 g/mol. The van der Waals surface area contributed by atoms with Crippen molar-refractivity contribution >= 4 is 28.5 Å². The van der Waals surface area contributed by atoms with Crippen LogP contribution in [0.5, 0.6) is 0 Å². The first-order chi connectivity index (χ1) is 13.6. The summed E-state index contributed by atoms with van der Waals surface area (Å²) >= 11 is 0. The quantitative estimate of drug-likeness (QED) is 0.387. The van der Waals surface area contributed by atoms with Crippen molar-refractivity contribution in [3.8, 4) is 0 Å². The molecule has 0 fully saturated rings. The molecule has 0 saturated carbocycles. The molecule has 4 rings (SSSR count). The molecule has 28 heavy (non-hydrogen) atoms. The molecule has 1 aliphatic rings. The minimum atomic E-state index is -0.131. The van der Waals surface area contributed by atoms with Gasteiger partial charge in [-0.1, -0.05) is 6.07 Å². The number of hydrogen-bond acceptors (Lipinski definition) is 5. The van der Waals surface area contributed by atoms with Crippen molar-refractivity contribution in [1.82, 2.24) is 14.2 Å². The number of anilines is 1. The Bertz CT molecular complexity index is 1120. The Kier molecular flexibility index (Phi) is 4.76. The van der Waals surface area contributed by atoms with Crippen LogP contribution in [0.2, 0.25) is 0 Å². The number of carbonyl (C=O) groups excluding carboxylic acids is 1. The summed E-state index contributed by atoms with van der Waals surface area (Å²) in [6.45, 7) is 1.66. The summed E-state index contributed by atoms with van der Waals surface area (Å²) in [5, 5.41) is 7.99. The van der Waals surface area contributed by atoms with Gasteiger partial charge in [-0.2, -0.15) is 0 Å². The molecular weight excluding hydrogens is 354 g/mol. The molecule has 0 atom stereocenters. The zero-order chi connectivity index (χ0) is 19.5. The summed E-state index contributed by atoms with van der Waals surface area (Å²) in [7, 11) is 2.00. The SMILES string of the molecule is C[n+]1ccn(CCCNc2nn3ccccc3c2N=C2C=CC(=O)C=C2N)c1. The van der Waals surface area contributed by atoms with Crippen LogP contribution in [-0.4, -0.2) is 32.2 Å². The zero-order valence-electron chi connectivity index (χ0n) is 15.6. The second kappa shape index (κ2) is 7.51. The highest BCUT2D eigenvalue weighted by atomic mass is 16.1. The van der Waals surface area contributed by atoms with E-state index < -0.39 is 0 Å². The summed E-state index contributed by atoms with van der Waals surface area (Å²) in [5.41, 5.74) is 8.46. The van der Waals surface area contributed by atoms with Gasteiger partial charge in [-0.15, -0.1) is 5.10 Å². The Morgan fingerprint density at radius 1 is 1.29 bits per heavy atom. The maximum atomic E-state index is 11.5. The van der Waals surface area contributed by atoms with Gasteiger partial charge in [-0.25, -0.2) is 18.6 Å². The molecule has 0 unspecified atom stereocenters. The van der Waals surface area contributed by atoms with E-state index in [1.54, 1.807) is 10.6 Å². The van der Waals surface area contributed by atoms with Gasteiger partial charge in [0.25, 0.3) is 0 Å². The van der Waals surface area contributed by atoms with Crippen molar-refractivity contribution in [2.45, 2.75) is 13.0 Å². The fraction of sp³-hybridized carbons (Fsp3) is 0.200. The smallest absolute Gasteiger partial charge is 0.243 e. The Labute approximate surface area is 162 Å². The molecule has 0 bridgehead atoms. The summed E-state index contributed by atoms with van der Waals surface area (Å²) in [4.78, 5) is 16.2. The van der Waals surface area contributed by atoms with Crippen LogP contribution in [0.3, 0.4) is 0 Å². The standard InChI is InChI=1S/C20H21N7O/c1-25-11-12-26(14-25)9-4-8-22-20-19(18-5-2-3-10-27(18)24-20)23-17-7-6-15(28)13-16(17)21/h2-3,5-7,10-14H,4,8-9H2,1H3,(H2-,21,22,24,28)/p+1. The van der Waals surface area contributed by atoms with Crippen LogP contribution in [0.25, 0.3) is 5.52 Å². The largest absolute Gasteiger partial charge is 0.397 e. The third-order valence-corrected chi connectivity index (χ3v) is 4.45. The maximum absolute atomic E-state index is 11.5. The van der Waals surface area contributed by atoms with Crippen LogP contribution in [-0.2, 0) is 18.4 Å². The Hall–Kier alpha value is -3.68. The second-order valence-electron chi connectivity index (χ2n) is 6.66. The molecule has 3 aromatic rings. The minimum absolute atomic E-state index is 0.131. The number of carbonyl (C=O) groups is 1. The number of nitrogens with one attached hydrogen (secondary N) is 1. The molecule has 0 saturated heterocycles. The number of aromatic nitrogens is 4. The lowest BCUT2D eigenvalue weighted by atomic mass is 10.1. The number of allylic oxidation sites excluding steroid dienone is 3. The average molecular weight is 376 g/mol. The molecule has 1 aliphatic carbocycles.